The predicted octanol–water partition coefficient (Wildman–Crippen LogP) is 5.20. The van der Waals surface area contributed by atoms with Crippen LogP contribution in [0.1, 0.15) is 11.3 Å². The second-order valence-corrected chi connectivity index (χ2v) is 8.23. The quantitative estimate of drug-likeness (QED) is 0.341. The number of hydrogen-bond acceptors (Lipinski definition) is 5. The zero-order valence-electron chi connectivity index (χ0n) is 18.9. The maximum atomic E-state index is 5.66. The van der Waals surface area contributed by atoms with Crippen molar-refractivity contribution in [3.05, 3.63) is 96.7 Å². The molecule has 34 heavy (non-hydrogen) atoms. The van der Waals surface area contributed by atoms with Crippen molar-refractivity contribution in [1.29, 1.82) is 0 Å². The average Bonchev–Trinajstić information content (AvgIpc) is 3.52. The number of para-hydroxylation sites is 2. The molecule has 0 unspecified atom stereocenters. The maximum Gasteiger partial charge on any atom is 0.143 e. The van der Waals surface area contributed by atoms with Gasteiger partial charge in [0.1, 0.15) is 11.4 Å². The summed E-state index contributed by atoms with van der Waals surface area (Å²) >= 11 is 0. The summed E-state index contributed by atoms with van der Waals surface area (Å²) in [5.74, 6) is 0.746. The zero-order chi connectivity index (χ0) is 23.1. The first kappa shape index (κ1) is 20.1. The minimum absolute atomic E-state index is 0.597. The molecule has 0 fully saturated rings. The van der Waals surface area contributed by atoms with Gasteiger partial charge >= 0.3 is 0 Å². The van der Waals surface area contributed by atoms with Crippen molar-refractivity contribution in [1.82, 2.24) is 29.5 Å². The Morgan fingerprint density at radius 3 is 2.29 bits per heavy atom. The van der Waals surface area contributed by atoms with E-state index in [4.69, 9.17) is 9.72 Å². The lowest BCUT2D eigenvalue weighted by atomic mass is 10.0. The number of fused-ring (bicyclic) bond motifs is 2. The number of ether oxygens (including phenoxy) is 1. The van der Waals surface area contributed by atoms with Crippen LogP contribution in [0.4, 0.5) is 0 Å². The number of rotatable bonds is 5. The lowest BCUT2D eigenvalue weighted by molar-refractivity contribution is 0.413. The van der Waals surface area contributed by atoms with Crippen molar-refractivity contribution >= 4 is 21.8 Å². The number of aromatic nitrogens is 6. The highest BCUT2D eigenvalue weighted by atomic mass is 16.5. The fourth-order valence-corrected chi connectivity index (χ4v) is 4.37. The highest BCUT2D eigenvalue weighted by molar-refractivity contribution is 5.97. The number of hydrogen-bond donors (Lipinski definition) is 0. The van der Waals surface area contributed by atoms with Crippen LogP contribution in [0.5, 0.6) is 5.75 Å². The summed E-state index contributed by atoms with van der Waals surface area (Å²) in [7, 11) is 1.67. The van der Waals surface area contributed by atoms with Crippen LogP contribution in [0.25, 0.3) is 38.8 Å². The van der Waals surface area contributed by atoms with Gasteiger partial charge in [-0.15, -0.1) is 5.10 Å². The van der Waals surface area contributed by atoms with Gasteiger partial charge in [-0.2, -0.15) is 0 Å². The first-order valence-corrected chi connectivity index (χ1v) is 11.1. The van der Waals surface area contributed by atoms with E-state index < -0.39 is 0 Å². The standard InChI is InChI=1S/C27H22N6O/c1-18-14-32(17-28-18)26-12-11-19(13-27(26)34-2)25-16-33(31-30-25)15-22-20-7-3-5-9-23(20)29-24-10-6-4-8-21(22)24/h3-14,16-17H,15H2,1-2H3. The number of benzene rings is 3. The SMILES string of the molecule is COc1cc(-c2cn(Cc3c4ccccc4nc4ccccc34)nn2)ccc1-n1cnc(C)c1. The summed E-state index contributed by atoms with van der Waals surface area (Å²) in [5, 5.41) is 11.1. The van der Waals surface area contributed by atoms with Gasteiger partial charge in [-0.3, -0.25) is 0 Å². The first-order chi connectivity index (χ1) is 16.7. The molecule has 3 heterocycles. The molecule has 166 valence electrons. The molecule has 0 saturated heterocycles. The Hall–Kier alpha value is -4.52. The lowest BCUT2D eigenvalue weighted by Gasteiger charge is -2.11. The monoisotopic (exact) mass is 446 g/mol. The molecule has 0 spiro atoms. The first-order valence-electron chi connectivity index (χ1n) is 11.1. The van der Waals surface area contributed by atoms with Crippen molar-refractivity contribution < 1.29 is 4.74 Å². The number of nitrogens with zero attached hydrogens (tertiary/aromatic N) is 6. The normalized spacial score (nSPS) is 11.4. The van der Waals surface area contributed by atoms with Crippen LogP contribution in [-0.2, 0) is 6.54 Å². The Labute approximate surface area is 196 Å². The van der Waals surface area contributed by atoms with Crippen LogP contribution < -0.4 is 4.74 Å². The Balaban J connectivity index is 1.38. The molecule has 0 aliphatic rings. The molecule has 0 aliphatic carbocycles. The summed E-state index contributed by atoms with van der Waals surface area (Å²) in [5.41, 5.74) is 6.74. The highest BCUT2D eigenvalue weighted by Gasteiger charge is 2.13. The molecule has 7 heteroatoms. The van der Waals surface area contributed by atoms with Gasteiger partial charge in [0.05, 0.1) is 48.6 Å². The number of imidazole rings is 1. The summed E-state index contributed by atoms with van der Waals surface area (Å²) in [6.07, 6.45) is 5.73. The molecule has 6 aromatic rings. The second-order valence-electron chi connectivity index (χ2n) is 8.23. The smallest absolute Gasteiger partial charge is 0.143 e. The van der Waals surface area contributed by atoms with Gasteiger partial charge < -0.3 is 9.30 Å². The van der Waals surface area contributed by atoms with Crippen LogP contribution in [0.2, 0.25) is 0 Å². The van der Waals surface area contributed by atoms with Crippen LogP contribution in [0.15, 0.2) is 85.5 Å². The summed E-state index contributed by atoms with van der Waals surface area (Å²) in [6.45, 7) is 2.56. The Morgan fingerprint density at radius 2 is 1.62 bits per heavy atom. The second kappa shape index (κ2) is 8.12. The predicted molar refractivity (Wildman–Crippen MR) is 132 cm³/mol. The van der Waals surface area contributed by atoms with E-state index in [0.717, 1.165) is 50.2 Å². The van der Waals surface area contributed by atoms with E-state index in [9.17, 15) is 0 Å². The minimum atomic E-state index is 0.597. The third kappa shape index (κ3) is 3.47. The van der Waals surface area contributed by atoms with Crippen LogP contribution in [0.3, 0.4) is 0 Å². The largest absolute Gasteiger partial charge is 0.495 e. The van der Waals surface area contributed by atoms with Gasteiger partial charge in [-0.25, -0.2) is 14.6 Å². The molecule has 3 aromatic heterocycles. The number of methoxy groups -OCH3 is 1. The molecule has 0 N–H and O–H groups in total. The molecular weight excluding hydrogens is 424 g/mol. The van der Waals surface area contributed by atoms with Gasteiger partial charge in [-0.05, 0) is 36.8 Å². The molecule has 6 rings (SSSR count). The van der Waals surface area contributed by atoms with Gasteiger partial charge in [0.2, 0.25) is 0 Å². The zero-order valence-corrected chi connectivity index (χ0v) is 18.9. The fraction of sp³-hybridized carbons (Fsp3) is 0.111. The van der Waals surface area contributed by atoms with Crippen molar-refractivity contribution in [2.24, 2.45) is 0 Å². The van der Waals surface area contributed by atoms with Gasteiger partial charge in [0, 0.05) is 22.5 Å². The molecular formula is C27H22N6O. The van der Waals surface area contributed by atoms with Crippen LogP contribution in [-0.4, -0.2) is 36.6 Å². The Kier molecular flexibility index (Phi) is 4.80. The summed E-state index contributed by atoms with van der Waals surface area (Å²) in [4.78, 5) is 9.13. The molecule has 0 amide bonds. The number of pyridine rings is 1. The van der Waals surface area contributed by atoms with Crippen molar-refractivity contribution in [3.8, 4) is 22.7 Å². The van der Waals surface area contributed by atoms with Crippen molar-refractivity contribution in [2.75, 3.05) is 7.11 Å². The van der Waals surface area contributed by atoms with Crippen LogP contribution in [0, 0.1) is 6.92 Å². The van der Waals surface area contributed by atoms with Gasteiger partial charge in [-0.1, -0.05) is 47.7 Å². The van der Waals surface area contributed by atoms with E-state index in [1.807, 2.05) is 83.2 Å². The highest BCUT2D eigenvalue weighted by Crippen LogP contribution is 2.30. The minimum Gasteiger partial charge on any atom is -0.495 e. The molecule has 7 nitrogen and oxygen atoms in total. The van der Waals surface area contributed by atoms with Crippen molar-refractivity contribution in [2.45, 2.75) is 13.5 Å². The van der Waals surface area contributed by atoms with Gasteiger partial charge in [0.25, 0.3) is 0 Å². The summed E-state index contributed by atoms with van der Waals surface area (Å²) in [6, 6.07) is 22.5. The molecule has 0 atom stereocenters. The van der Waals surface area contributed by atoms with E-state index in [-0.39, 0.29) is 0 Å². The maximum absolute atomic E-state index is 5.66. The Bertz CT molecular complexity index is 1590. The molecule has 0 radical (unpaired) electrons. The van der Waals surface area contributed by atoms with E-state index in [0.29, 0.717) is 6.54 Å². The van der Waals surface area contributed by atoms with E-state index in [1.165, 1.54) is 5.56 Å². The third-order valence-corrected chi connectivity index (χ3v) is 6.02. The van der Waals surface area contributed by atoms with Crippen molar-refractivity contribution in [3.63, 3.8) is 0 Å². The topological polar surface area (TPSA) is 70.7 Å². The molecule has 3 aromatic carbocycles. The molecule has 0 aliphatic heterocycles. The fourth-order valence-electron chi connectivity index (χ4n) is 4.37. The lowest BCUT2D eigenvalue weighted by Crippen LogP contribution is -2.03. The molecule has 0 bridgehead atoms. The number of aryl methyl sites for hydroxylation is 1. The van der Waals surface area contributed by atoms with E-state index >= 15 is 0 Å². The molecule has 0 saturated carbocycles. The van der Waals surface area contributed by atoms with Crippen LogP contribution >= 0.6 is 0 Å². The third-order valence-electron chi connectivity index (χ3n) is 6.02. The van der Waals surface area contributed by atoms with E-state index in [2.05, 4.69) is 27.4 Å². The van der Waals surface area contributed by atoms with E-state index in [1.54, 1.807) is 13.4 Å². The summed E-state index contributed by atoms with van der Waals surface area (Å²) < 4.78 is 9.49. The Morgan fingerprint density at radius 1 is 0.882 bits per heavy atom. The average molecular weight is 447 g/mol. The van der Waals surface area contributed by atoms with Gasteiger partial charge in [0.15, 0.2) is 0 Å².